The summed E-state index contributed by atoms with van der Waals surface area (Å²) in [6, 6.07) is 12.5. The van der Waals surface area contributed by atoms with Crippen LogP contribution in [0.5, 0.6) is 11.5 Å². The summed E-state index contributed by atoms with van der Waals surface area (Å²) in [5.74, 6) is 1.83. The molecule has 3 rings (SSSR count). The van der Waals surface area contributed by atoms with Gasteiger partial charge in [0.1, 0.15) is 11.5 Å². The average Bonchev–Trinajstić information content (AvgIpc) is 2.60. The summed E-state index contributed by atoms with van der Waals surface area (Å²) in [4.78, 5) is 0. The number of rotatable bonds is 6. The zero-order valence-corrected chi connectivity index (χ0v) is 17.0. The number of hydrogen-bond acceptors (Lipinski definition) is 2. The molecule has 0 amide bonds. The Bertz CT molecular complexity index is 806. The van der Waals surface area contributed by atoms with Crippen LogP contribution in [0.3, 0.4) is 0 Å². The minimum atomic E-state index is 0.715. The van der Waals surface area contributed by atoms with Crippen molar-refractivity contribution in [2.24, 2.45) is 0 Å². The van der Waals surface area contributed by atoms with Gasteiger partial charge in [-0.05, 0) is 49.2 Å². The normalized spacial score (nSPS) is 11.2. The largest absolute Gasteiger partial charge is 0.493 e. The molecule has 0 aliphatic carbocycles. The maximum Gasteiger partial charge on any atom is 0.127 e. The predicted molar refractivity (Wildman–Crippen MR) is 108 cm³/mol. The van der Waals surface area contributed by atoms with Gasteiger partial charge in [0.25, 0.3) is 0 Å². The van der Waals surface area contributed by atoms with Gasteiger partial charge in [-0.15, -0.1) is 0 Å². The third kappa shape index (κ3) is 3.40. The Balaban J connectivity index is 2.26. The zero-order valence-electron chi connectivity index (χ0n) is 13.9. The summed E-state index contributed by atoms with van der Waals surface area (Å²) in [6.45, 7) is 5.66. The third-order valence-corrected chi connectivity index (χ3v) is 5.27. The monoisotopic (exact) mass is 450 g/mol. The van der Waals surface area contributed by atoms with Crippen LogP contribution in [0.4, 0.5) is 0 Å². The van der Waals surface area contributed by atoms with Crippen molar-refractivity contribution in [3.05, 3.63) is 45.3 Å². The molecule has 0 bridgehead atoms. The van der Waals surface area contributed by atoms with Crippen LogP contribution in [0.25, 0.3) is 21.5 Å². The second kappa shape index (κ2) is 7.75. The molecule has 0 aliphatic rings. The Labute approximate surface area is 159 Å². The topological polar surface area (TPSA) is 18.5 Å². The lowest BCUT2D eigenvalue weighted by molar-refractivity contribution is 0.320. The maximum absolute atomic E-state index is 5.95. The standard InChI is InChI=1S/C20H20Br2O2/c1-3-9-23-19-7-5-17(21)13-11-14-16(12-15(13)19)20(24-10-4-2)8-6-18(14)22/h5-8,11-12H,3-4,9-10H2,1-2H3. The lowest BCUT2D eigenvalue weighted by atomic mass is 10.0. The Morgan fingerprint density at radius 3 is 1.50 bits per heavy atom. The van der Waals surface area contributed by atoms with Crippen molar-refractivity contribution in [1.29, 1.82) is 0 Å². The lowest BCUT2D eigenvalue weighted by Crippen LogP contribution is -1.97. The maximum atomic E-state index is 5.95. The molecule has 0 saturated carbocycles. The van der Waals surface area contributed by atoms with Crippen molar-refractivity contribution in [2.45, 2.75) is 26.7 Å². The Kier molecular flexibility index (Phi) is 5.67. The van der Waals surface area contributed by atoms with Crippen LogP contribution in [0, 0.1) is 0 Å². The fourth-order valence-corrected chi connectivity index (χ4v) is 3.66. The summed E-state index contributed by atoms with van der Waals surface area (Å²) < 4.78 is 14.0. The molecule has 0 spiro atoms. The fraction of sp³-hybridized carbons (Fsp3) is 0.300. The van der Waals surface area contributed by atoms with E-state index in [0.717, 1.165) is 54.8 Å². The van der Waals surface area contributed by atoms with E-state index in [4.69, 9.17) is 9.47 Å². The molecule has 24 heavy (non-hydrogen) atoms. The predicted octanol–water partition coefficient (Wildman–Crippen LogP) is 7.10. The zero-order chi connectivity index (χ0) is 17.1. The number of fused-ring (bicyclic) bond motifs is 2. The summed E-state index contributed by atoms with van der Waals surface area (Å²) in [5.41, 5.74) is 0. The molecule has 0 saturated heterocycles. The second-order valence-corrected chi connectivity index (χ2v) is 7.44. The second-order valence-electron chi connectivity index (χ2n) is 5.73. The molecule has 0 aliphatic heterocycles. The van der Waals surface area contributed by atoms with Gasteiger partial charge in [-0.2, -0.15) is 0 Å². The highest BCUT2D eigenvalue weighted by atomic mass is 79.9. The molecule has 0 radical (unpaired) electrons. The van der Waals surface area contributed by atoms with E-state index in [9.17, 15) is 0 Å². The van der Waals surface area contributed by atoms with Gasteiger partial charge < -0.3 is 9.47 Å². The molecule has 4 heteroatoms. The van der Waals surface area contributed by atoms with Crippen LogP contribution in [0.1, 0.15) is 26.7 Å². The number of benzene rings is 3. The molecule has 0 aromatic heterocycles. The van der Waals surface area contributed by atoms with E-state index < -0.39 is 0 Å². The van der Waals surface area contributed by atoms with Crippen molar-refractivity contribution in [1.82, 2.24) is 0 Å². The highest BCUT2D eigenvalue weighted by Crippen LogP contribution is 2.40. The van der Waals surface area contributed by atoms with Gasteiger partial charge in [0, 0.05) is 30.5 Å². The molecular weight excluding hydrogens is 432 g/mol. The van der Waals surface area contributed by atoms with Crippen LogP contribution in [-0.4, -0.2) is 13.2 Å². The van der Waals surface area contributed by atoms with E-state index in [1.54, 1.807) is 0 Å². The van der Waals surface area contributed by atoms with Crippen LogP contribution in [-0.2, 0) is 0 Å². The van der Waals surface area contributed by atoms with E-state index in [-0.39, 0.29) is 0 Å². The van der Waals surface area contributed by atoms with E-state index in [1.807, 2.05) is 24.3 Å². The van der Waals surface area contributed by atoms with Gasteiger partial charge in [-0.25, -0.2) is 0 Å². The molecule has 0 fully saturated rings. The van der Waals surface area contributed by atoms with E-state index in [0.29, 0.717) is 13.2 Å². The van der Waals surface area contributed by atoms with Crippen molar-refractivity contribution < 1.29 is 9.47 Å². The highest BCUT2D eigenvalue weighted by molar-refractivity contribution is 9.11. The third-order valence-electron chi connectivity index (χ3n) is 3.89. The molecule has 0 unspecified atom stereocenters. The summed E-state index contributed by atoms with van der Waals surface area (Å²) in [7, 11) is 0. The Hall–Kier alpha value is -1.26. The lowest BCUT2D eigenvalue weighted by Gasteiger charge is -2.14. The molecule has 0 atom stereocenters. The molecule has 0 N–H and O–H groups in total. The van der Waals surface area contributed by atoms with Gasteiger partial charge in [0.05, 0.1) is 13.2 Å². The van der Waals surface area contributed by atoms with E-state index >= 15 is 0 Å². The molecule has 3 aromatic carbocycles. The summed E-state index contributed by atoms with van der Waals surface area (Å²) in [6.07, 6.45) is 1.98. The van der Waals surface area contributed by atoms with E-state index in [2.05, 4.69) is 57.8 Å². The molecule has 3 aromatic rings. The fourth-order valence-electron chi connectivity index (χ4n) is 2.74. The van der Waals surface area contributed by atoms with Gasteiger partial charge in [-0.3, -0.25) is 0 Å². The van der Waals surface area contributed by atoms with Crippen molar-refractivity contribution in [3.63, 3.8) is 0 Å². The minimum Gasteiger partial charge on any atom is -0.493 e. The van der Waals surface area contributed by atoms with Crippen molar-refractivity contribution in [2.75, 3.05) is 13.2 Å². The van der Waals surface area contributed by atoms with Gasteiger partial charge in [0.15, 0.2) is 0 Å². The first-order valence-corrected chi connectivity index (χ1v) is 9.84. The summed E-state index contributed by atoms with van der Waals surface area (Å²) >= 11 is 7.34. The molecule has 126 valence electrons. The Morgan fingerprint density at radius 1 is 0.667 bits per heavy atom. The number of hydrogen-bond donors (Lipinski definition) is 0. The first kappa shape index (κ1) is 17.6. The number of ether oxygens (including phenoxy) is 2. The quantitative estimate of drug-likeness (QED) is 0.372. The molecule has 2 nitrogen and oxygen atoms in total. The van der Waals surface area contributed by atoms with Crippen LogP contribution in [0.2, 0.25) is 0 Å². The average molecular weight is 452 g/mol. The highest BCUT2D eigenvalue weighted by Gasteiger charge is 2.12. The van der Waals surface area contributed by atoms with Crippen LogP contribution in [0.15, 0.2) is 45.3 Å². The van der Waals surface area contributed by atoms with Crippen molar-refractivity contribution in [3.8, 4) is 11.5 Å². The van der Waals surface area contributed by atoms with Gasteiger partial charge in [-0.1, -0.05) is 45.7 Å². The summed E-state index contributed by atoms with van der Waals surface area (Å²) in [5, 5.41) is 4.49. The van der Waals surface area contributed by atoms with Crippen molar-refractivity contribution >= 4 is 53.4 Å². The van der Waals surface area contributed by atoms with E-state index in [1.165, 1.54) is 0 Å². The van der Waals surface area contributed by atoms with Gasteiger partial charge in [0.2, 0.25) is 0 Å². The first-order chi connectivity index (χ1) is 11.7. The van der Waals surface area contributed by atoms with Gasteiger partial charge >= 0.3 is 0 Å². The SMILES string of the molecule is CCCOc1ccc(Br)c2cc3c(Br)ccc(OCCC)c3cc12. The molecular formula is C20H20Br2O2. The smallest absolute Gasteiger partial charge is 0.127 e. The number of halogens is 2. The van der Waals surface area contributed by atoms with Crippen LogP contribution >= 0.6 is 31.9 Å². The first-order valence-electron chi connectivity index (χ1n) is 8.25. The molecule has 0 heterocycles. The minimum absolute atomic E-state index is 0.715. The van der Waals surface area contributed by atoms with Crippen LogP contribution < -0.4 is 9.47 Å². The Morgan fingerprint density at radius 2 is 1.08 bits per heavy atom.